The Labute approximate surface area is 133 Å². The van der Waals surface area contributed by atoms with Crippen molar-refractivity contribution in [3.8, 4) is 0 Å². The van der Waals surface area contributed by atoms with E-state index in [0.717, 1.165) is 12.2 Å². The van der Waals surface area contributed by atoms with Gasteiger partial charge in [-0.3, -0.25) is 0 Å². The molecule has 0 saturated heterocycles. The Hall–Kier alpha value is -1.72. The van der Waals surface area contributed by atoms with E-state index in [0.29, 0.717) is 10.6 Å². The standard InChI is InChI=1S/C15H18ClN3OS/c1-10(2)19(9-12-4-3-7-21-12)14-6-5-11(16)8-13(14)15(17)18-20/h3-8,10,20H,9H2,1-2H3,(H2,17,18). The van der Waals surface area contributed by atoms with Crippen LogP contribution in [0.1, 0.15) is 24.3 Å². The van der Waals surface area contributed by atoms with Crippen molar-refractivity contribution < 1.29 is 5.21 Å². The maximum absolute atomic E-state index is 8.98. The van der Waals surface area contributed by atoms with Gasteiger partial charge >= 0.3 is 0 Å². The van der Waals surface area contributed by atoms with Crippen LogP contribution in [0.5, 0.6) is 0 Å². The molecule has 4 nitrogen and oxygen atoms in total. The number of amidine groups is 1. The molecule has 1 heterocycles. The molecule has 0 fully saturated rings. The van der Waals surface area contributed by atoms with Crippen molar-refractivity contribution in [2.45, 2.75) is 26.4 Å². The second-order valence-electron chi connectivity index (χ2n) is 4.95. The van der Waals surface area contributed by atoms with Crippen LogP contribution in [0.4, 0.5) is 5.69 Å². The number of halogens is 1. The van der Waals surface area contributed by atoms with Gasteiger partial charge in [-0.1, -0.05) is 22.8 Å². The Balaban J connectivity index is 2.45. The van der Waals surface area contributed by atoms with Crippen LogP contribution in [-0.2, 0) is 6.54 Å². The third-order valence-corrected chi connectivity index (χ3v) is 4.28. The van der Waals surface area contributed by atoms with Crippen molar-refractivity contribution in [1.29, 1.82) is 0 Å². The third-order valence-electron chi connectivity index (χ3n) is 3.18. The van der Waals surface area contributed by atoms with E-state index in [4.69, 9.17) is 22.5 Å². The van der Waals surface area contributed by atoms with Gasteiger partial charge in [-0.2, -0.15) is 0 Å². The Kier molecular flexibility index (Phi) is 5.09. The SMILES string of the molecule is CC(C)N(Cc1cccs1)c1ccc(Cl)cc1C(N)=NO. The minimum Gasteiger partial charge on any atom is -0.409 e. The Bertz CT molecular complexity index is 626. The summed E-state index contributed by atoms with van der Waals surface area (Å²) in [6, 6.07) is 9.83. The first-order valence-corrected chi connectivity index (χ1v) is 7.85. The number of anilines is 1. The molecule has 2 aromatic rings. The van der Waals surface area contributed by atoms with Crippen molar-refractivity contribution in [3.05, 3.63) is 51.2 Å². The van der Waals surface area contributed by atoms with Gasteiger partial charge < -0.3 is 15.8 Å². The van der Waals surface area contributed by atoms with Crippen molar-refractivity contribution in [2.75, 3.05) is 4.90 Å². The molecule has 0 aliphatic rings. The molecule has 112 valence electrons. The summed E-state index contributed by atoms with van der Waals surface area (Å²) in [5, 5.41) is 14.7. The van der Waals surface area contributed by atoms with Gasteiger partial charge in [-0.25, -0.2) is 0 Å². The van der Waals surface area contributed by atoms with Gasteiger partial charge in [0.25, 0.3) is 0 Å². The molecule has 0 amide bonds. The molecule has 2 rings (SSSR count). The first kappa shape index (κ1) is 15.7. The first-order chi connectivity index (χ1) is 10.0. The second kappa shape index (κ2) is 6.83. The Morgan fingerprint density at radius 1 is 1.43 bits per heavy atom. The molecular formula is C15H18ClN3OS. The lowest BCUT2D eigenvalue weighted by atomic mass is 10.1. The molecule has 0 radical (unpaired) electrons. The number of hydrogen-bond donors (Lipinski definition) is 2. The fourth-order valence-corrected chi connectivity index (χ4v) is 3.01. The summed E-state index contributed by atoms with van der Waals surface area (Å²) in [4.78, 5) is 3.46. The number of nitrogens with zero attached hydrogens (tertiary/aromatic N) is 2. The first-order valence-electron chi connectivity index (χ1n) is 6.59. The molecular weight excluding hydrogens is 306 g/mol. The number of rotatable bonds is 5. The maximum atomic E-state index is 8.98. The summed E-state index contributed by atoms with van der Waals surface area (Å²) in [6.07, 6.45) is 0. The zero-order valence-electron chi connectivity index (χ0n) is 12.0. The summed E-state index contributed by atoms with van der Waals surface area (Å²) >= 11 is 7.74. The van der Waals surface area contributed by atoms with Crippen molar-refractivity contribution in [2.24, 2.45) is 10.9 Å². The molecule has 21 heavy (non-hydrogen) atoms. The predicted octanol–water partition coefficient (Wildman–Crippen LogP) is 3.91. The topological polar surface area (TPSA) is 61.8 Å². The maximum Gasteiger partial charge on any atom is 0.172 e. The molecule has 0 bridgehead atoms. The lowest BCUT2D eigenvalue weighted by Gasteiger charge is -2.30. The van der Waals surface area contributed by atoms with Gasteiger partial charge in [0.1, 0.15) is 0 Å². The van der Waals surface area contributed by atoms with E-state index in [9.17, 15) is 0 Å². The van der Waals surface area contributed by atoms with Crippen LogP contribution in [0, 0.1) is 0 Å². The van der Waals surface area contributed by atoms with E-state index >= 15 is 0 Å². The van der Waals surface area contributed by atoms with E-state index in [-0.39, 0.29) is 11.9 Å². The molecule has 0 spiro atoms. The quantitative estimate of drug-likeness (QED) is 0.379. The van der Waals surface area contributed by atoms with Crippen LogP contribution in [-0.4, -0.2) is 17.1 Å². The minimum atomic E-state index is 0.0596. The number of benzene rings is 1. The molecule has 0 unspecified atom stereocenters. The van der Waals surface area contributed by atoms with Crippen LogP contribution < -0.4 is 10.6 Å². The zero-order chi connectivity index (χ0) is 15.4. The zero-order valence-corrected chi connectivity index (χ0v) is 13.5. The highest BCUT2D eigenvalue weighted by Gasteiger charge is 2.18. The number of oxime groups is 1. The van der Waals surface area contributed by atoms with Gasteiger partial charge in [0.2, 0.25) is 0 Å². The Morgan fingerprint density at radius 3 is 2.76 bits per heavy atom. The van der Waals surface area contributed by atoms with Crippen molar-refractivity contribution in [1.82, 2.24) is 0 Å². The monoisotopic (exact) mass is 323 g/mol. The lowest BCUT2D eigenvalue weighted by molar-refractivity contribution is 0.318. The summed E-state index contributed by atoms with van der Waals surface area (Å²) in [6.45, 7) is 4.99. The second-order valence-corrected chi connectivity index (χ2v) is 6.42. The summed E-state index contributed by atoms with van der Waals surface area (Å²) in [7, 11) is 0. The van der Waals surface area contributed by atoms with Crippen molar-refractivity contribution >= 4 is 34.5 Å². The van der Waals surface area contributed by atoms with Crippen LogP contribution in [0.25, 0.3) is 0 Å². The van der Waals surface area contributed by atoms with Crippen LogP contribution in [0.3, 0.4) is 0 Å². The van der Waals surface area contributed by atoms with E-state index in [1.165, 1.54) is 4.88 Å². The van der Waals surface area contributed by atoms with Gasteiger partial charge in [0.05, 0.1) is 6.54 Å². The van der Waals surface area contributed by atoms with Gasteiger partial charge in [-0.05, 0) is 43.5 Å². The van der Waals surface area contributed by atoms with E-state index in [1.54, 1.807) is 17.4 Å². The molecule has 0 saturated carbocycles. The van der Waals surface area contributed by atoms with E-state index in [1.807, 2.05) is 18.2 Å². The molecule has 0 atom stereocenters. The number of nitrogens with two attached hydrogens (primary N) is 1. The summed E-state index contributed by atoms with van der Waals surface area (Å²) < 4.78 is 0. The fourth-order valence-electron chi connectivity index (χ4n) is 2.13. The molecule has 1 aromatic heterocycles. The van der Waals surface area contributed by atoms with E-state index in [2.05, 4.69) is 35.3 Å². The molecule has 0 aliphatic carbocycles. The van der Waals surface area contributed by atoms with Crippen molar-refractivity contribution in [3.63, 3.8) is 0 Å². The van der Waals surface area contributed by atoms with E-state index < -0.39 is 0 Å². The highest BCUT2D eigenvalue weighted by molar-refractivity contribution is 7.09. The fraction of sp³-hybridized carbons (Fsp3) is 0.267. The number of thiophene rings is 1. The van der Waals surface area contributed by atoms with Crippen LogP contribution >= 0.6 is 22.9 Å². The summed E-state index contributed by atoms with van der Waals surface area (Å²) in [5.41, 5.74) is 7.33. The molecule has 3 N–H and O–H groups in total. The average molecular weight is 324 g/mol. The summed E-state index contributed by atoms with van der Waals surface area (Å²) in [5.74, 6) is 0.0596. The lowest BCUT2D eigenvalue weighted by Crippen LogP contribution is -2.32. The molecule has 1 aromatic carbocycles. The normalized spacial score (nSPS) is 11.9. The molecule has 6 heteroatoms. The van der Waals surface area contributed by atoms with Crippen LogP contribution in [0.2, 0.25) is 5.02 Å². The highest BCUT2D eigenvalue weighted by atomic mass is 35.5. The number of hydrogen-bond acceptors (Lipinski definition) is 4. The third kappa shape index (κ3) is 3.68. The highest BCUT2D eigenvalue weighted by Crippen LogP contribution is 2.28. The minimum absolute atomic E-state index is 0.0596. The largest absolute Gasteiger partial charge is 0.409 e. The van der Waals surface area contributed by atoms with Gasteiger partial charge in [0, 0.05) is 27.2 Å². The van der Waals surface area contributed by atoms with Gasteiger partial charge in [-0.15, -0.1) is 11.3 Å². The average Bonchev–Trinajstić information content (AvgIpc) is 2.97. The van der Waals surface area contributed by atoms with Crippen LogP contribution in [0.15, 0.2) is 40.9 Å². The predicted molar refractivity (Wildman–Crippen MR) is 89.6 cm³/mol. The Morgan fingerprint density at radius 2 is 2.19 bits per heavy atom. The van der Waals surface area contributed by atoms with Gasteiger partial charge in [0.15, 0.2) is 5.84 Å². The molecule has 0 aliphatic heterocycles. The smallest absolute Gasteiger partial charge is 0.172 e.